The lowest BCUT2D eigenvalue weighted by Crippen LogP contribution is -2.27. The third-order valence-electron chi connectivity index (χ3n) is 2.58. The third kappa shape index (κ3) is 3.75. The van der Waals surface area contributed by atoms with Gasteiger partial charge in [-0.25, -0.2) is 0 Å². The molecule has 0 fully saturated rings. The number of benzene rings is 1. The molecule has 0 aliphatic carbocycles. The first-order valence-corrected chi connectivity index (χ1v) is 5.78. The predicted molar refractivity (Wildman–Crippen MR) is 68.2 cm³/mol. The Balaban J connectivity index is 3.32. The summed E-state index contributed by atoms with van der Waals surface area (Å²) < 4.78 is 39.0. The van der Waals surface area contributed by atoms with Crippen LogP contribution in [0.4, 0.5) is 18.9 Å². The van der Waals surface area contributed by atoms with Crippen molar-refractivity contribution in [2.75, 3.05) is 18.0 Å². The van der Waals surface area contributed by atoms with E-state index in [-0.39, 0.29) is 17.8 Å². The molecule has 0 atom stereocenters. The SMILES string of the molecule is C#CCN(CCC)c1ccc(C=O)cc1C(F)(F)F. The van der Waals surface area contributed by atoms with Gasteiger partial charge in [0.2, 0.25) is 0 Å². The number of nitrogens with zero attached hydrogens (tertiary/aromatic N) is 1. The van der Waals surface area contributed by atoms with Crippen LogP contribution >= 0.6 is 0 Å². The molecule has 0 unspecified atom stereocenters. The summed E-state index contributed by atoms with van der Waals surface area (Å²) in [5, 5.41) is 0. The highest BCUT2D eigenvalue weighted by Gasteiger charge is 2.35. The van der Waals surface area contributed by atoms with E-state index >= 15 is 0 Å². The quantitative estimate of drug-likeness (QED) is 0.603. The maximum atomic E-state index is 13.0. The summed E-state index contributed by atoms with van der Waals surface area (Å²) in [7, 11) is 0. The predicted octanol–water partition coefficient (Wildman–Crippen LogP) is 3.37. The van der Waals surface area contributed by atoms with Crippen LogP contribution in [-0.2, 0) is 6.18 Å². The highest BCUT2D eigenvalue weighted by atomic mass is 19.4. The fraction of sp³-hybridized carbons (Fsp3) is 0.357. The van der Waals surface area contributed by atoms with Crippen molar-refractivity contribution >= 4 is 12.0 Å². The number of carbonyl (C=O) groups excluding carboxylic acids is 1. The lowest BCUT2D eigenvalue weighted by molar-refractivity contribution is -0.137. The minimum Gasteiger partial charge on any atom is -0.360 e. The Bertz CT molecular complexity index is 488. The second kappa shape index (κ2) is 6.28. The molecule has 5 heteroatoms. The molecule has 1 aromatic carbocycles. The number of terminal acetylenes is 1. The van der Waals surface area contributed by atoms with Crippen LogP contribution < -0.4 is 4.90 Å². The van der Waals surface area contributed by atoms with E-state index in [0.29, 0.717) is 19.3 Å². The molecule has 0 radical (unpaired) electrons. The van der Waals surface area contributed by atoms with E-state index in [4.69, 9.17) is 6.42 Å². The van der Waals surface area contributed by atoms with Crippen LogP contribution in [0.3, 0.4) is 0 Å². The zero-order chi connectivity index (χ0) is 14.5. The number of hydrogen-bond acceptors (Lipinski definition) is 2. The van der Waals surface area contributed by atoms with E-state index in [2.05, 4.69) is 5.92 Å². The van der Waals surface area contributed by atoms with E-state index in [1.807, 2.05) is 6.92 Å². The van der Waals surface area contributed by atoms with E-state index in [1.165, 1.54) is 17.0 Å². The number of halogens is 3. The van der Waals surface area contributed by atoms with Crippen molar-refractivity contribution in [3.63, 3.8) is 0 Å². The van der Waals surface area contributed by atoms with Crippen molar-refractivity contribution in [3.05, 3.63) is 29.3 Å². The average molecular weight is 269 g/mol. The molecule has 0 N–H and O–H groups in total. The number of anilines is 1. The standard InChI is InChI=1S/C14H14F3NO/c1-3-7-18(8-4-2)13-6-5-11(10-19)9-12(13)14(15,16)17/h1,5-6,9-10H,4,7-8H2,2H3. The van der Waals surface area contributed by atoms with Crippen molar-refractivity contribution in [1.82, 2.24) is 0 Å². The van der Waals surface area contributed by atoms with E-state index in [0.717, 1.165) is 6.07 Å². The van der Waals surface area contributed by atoms with Crippen LogP contribution in [0.1, 0.15) is 29.3 Å². The summed E-state index contributed by atoms with van der Waals surface area (Å²) >= 11 is 0. The molecular formula is C14H14F3NO. The zero-order valence-corrected chi connectivity index (χ0v) is 10.5. The average Bonchev–Trinajstić information content (AvgIpc) is 2.37. The summed E-state index contributed by atoms with van der Waals surface area (Å²) in [4.78, 5) is 12.1. The van der Waals surface area contributed by atoms with Gasteiger partial charge in [-0.1, -0.05) is 12.8 Å². The molecule has 2 nitrogen and oxygen atoms in total. The molecule has 0 amide bonds. The number of carbonyl (C=O) groups is 1. The fourth-order valence-electron chi connectivity index (χ4n) is 1.79. The van der Waals surface area contributed by atoms with Gasteiger partial charge in [0.05, 0.1) is 12.1 Å². The molecule has 0 aliphatic heterocycles. The zero-order valence-electron chi connectivity index (χ0n) is 10.5. The Labute approximate surface area is 110 Å². The number of hydrogen-bond donors (Lipinski definition) is 0. The minimum atomic E-state index is -4.52. The van der Waals surface area contributed by atoms with Gasteiger partial charge in [-0.15, -0.1) is 6.42 Å². The largest absolute Gasteiger partial charge is 0.418 e. The second-order valence-corrected chi connectivity index (χ2v) is 4.02. The van der Waals surface area contributed by atoms with Crippen LogP contribution in [0, 0.1) is 12.3 Å². The summed E-state index contributed by atoms with van der Waals surface area (Å²) in [6.07, 6.45) is 1.73. The molecule has 0 aromatic heterocycles. The van der Waals surface area contributed by atoms with Gasteiger partial charge in [-0.05, 0) is 24.6 Å². The lowest BCUT2D eigenvalue weighted by Gasteiger charge is -2.25. The van der Waals surface area contributed by atoms with Crippen LogP contribution in [0.2, 0.25) is 0 Å². The minimum absolute atomic E-state index is 0.00627. The van der Waals surface area contributed by atoms with Gasteiger partial charge < -0.3 is 4.90 Å². The normalized spacial score (nSPS) is 10.9. The Kier molecular flexibility index (Phi) is 4.99. The van der Waals surface area contributed by atoms with Gasteiger partial charge in [0, 0.05) is 17.8 Å². The third-order valence-corrected chi connectivity index (χ3v) is 2.58. The molecule has 1 aromatic rings. The highest BCUT2D eigenvalue weighted by Crippen LogP contribution is 2.37. The molecule has 0 saturated carbocycles. The maximum absolute atomic E-state index is 13.0. The molecule has 102 valence electrons. The lowest BCUT2D eigenvalue weighted by atomic mass is 10.1. The summed E-state index contributed by atoms with van der Waals surface area (Å²) in [5.41, 5.74) is -0.827. The van der Waals surface area contributed by atoms with Crippen molar-refractivity contribution in [2.45, 2.75) is 19.5 Å². The van der Waals surface area contributed by atoms with Crippen molar-refractivity contribution in [1.29, 1.82) is 0 Å². The van der Waals surface area contributed by atoms with Gasteiger partial charge in [0.1, 0.15) is 6.29 Å². The maximum Gasteiger partial charge on any atom is 0.418 e. The summed E-state index contributed by atoms with van der Waals surface area (Å²) in [6, 6.07) is 3.50. The Morgan fingerprint density at radius 3 is 2.58 bits per heavy atom. The van der Waals surface area contributed by atoms with Crippen molar-refractivity contribution in [2.24, 2.45) is 0 Å². The van der Waals surface area contributed by atoms with Crippen molar-refractivity contribution < 1.29 is 18.0 Å². The molecule has 0 bridgehead atoms. The molecule has 19 heavy (non-hydrogen) atoms. The molecule has 0 heterocycles. The topological polar surface area (TPSA) is 20.3 Å². The molecule has 0 aliphatic rings. The molecular weight excluding hydrogens is 255 g/mol. The van der Waals surface area contributed by atoms with E-state index < -0.39 is 11.7 Å². The van der Waals surface area contributed by atoms with Gasteiger partial charge in [0.15, 0.2) is 0 Å². The van der Waals surface area contributed by atoms with Gasteiger partial charge in [-0.2, -0.15) is 13.2 Å². The van der Waals surface area contributed by atoms with E-state index in [9.17, 15) is 18.0 Å². The van der Waals surface area contributed by atoms with Crippen LogP contribution in [0.25, 0.3) is 0 Å². The first kappa shape index (κ1) is 15.1. The Morgan fingerprint density at radius 1 is 1.42 bits per heavy atom. The number of rotatable bonds is 5. The van der Waals surface area contributed by atoms with Gasteiger partial charge >= 0.3 is 6.18 Å². The molecule has 1 rings (SSSR count). The summed E-state index contributed by atoms with van der Waals surface area (Å²) in [5.74, 6) is 2.35. The monoisotopic (exact) mass is 269 g/mol. The molecule has 0 saturated heterocycles. The summed E-state index contributed by atoms with van der Waals surface area (Å²) in [6.45, 7) is 2.38. The highest BCUT2D eigenvalue weighted by molar-refractivity contribution is 5.77. The Hall–Kier alpha value is -1.96. The van der Waals surface area contributed by atoms with Crippen molar-refractivity contribution in [3.8, 4) is 12.3 Å². The van der Waals surface area contributed by atoms with Crippen LogP contribution in [0.15, 0.2) is 18.2 Å². The van der Waals surface area contributed by atoms with E-state index in [1.54, 1.807) is 0 Å². The first-order valence-electron chi connectivity index (χ1n) is 5.78. The second-order valence-electron chi connectivity index (χ2n) is 4.02. The van der Waals surface area contributed by atoms with Crippen LogP contribution in [-0.4, -0.2) is 19.4 Å². The fourth-order valence-corrected chi connectivity index (χ4v) is 1.79. The van der Waals surface area contributed by atoms with Crippen LogP contribution in [0.5, 0.6) is 0 Å². The van der Waals surface area contributed by atoms with Gasteiger partial charge in [0.25, 0.3) is 0 Å². The first-order chi connectivity index (χ1) is 8.93. The molecule has 0 spiro atoms. The number of aldehydes is 1. The van der Waals surface area contributed by atoms with Gasteiger partial charge in [-0.3, -0.25) is 4.79 Å². The smallest absolute Gasteiger partial charge is 0.360 e. The Morgan fingerprint density at radius 2 is 2.11 bits per heavy atom. The number of alkyl halides is 3.